The van der Waals surface area contributed by atoms with Crippen molar-refractivity contribution in [3.63, 3.8) is 0 Å². The Balaban J connectivity index is 1.62. The van der Waals surface area contributed by atoms with E-state index in [-0.39, 0.29) is 5.91 Å². The molecule has 0 bridgehead atoms. The molecule has 0 saturated carbocycles. The van der Waals surface area contributed by atoms with Crippen LogP contribution in [-0.4, -0.2) is 51.8 Å². The van der Waals surface area contributed by atoms with Crippen molar-refractivity contribution in [2.45, 2.75) is 6.54 Å². The molecule has 4 rings (SSSR count). The van der Waals surface area contributed by atoms with Crippen molar-refractivity contribution >= 4 is 17.2 Å². The second-order valence-corrected chi connectivity index (χ2v) is 7.02. The van der Waals surface area contributed by atoms with E-state index in [4.69, 9.17) is 4.74 Å². The minimum atomic E-state index is -0.0256. The maximum absolute atomic E-state index is 12.2. The van der Waals surface area contributed by atoms with E-state index in [0.717, 1.165) is 28.3 Å². The number of fused-ring (bicyclic) bond motifs is 1. The average Bonchev–Trinajstić information content (AvgIpc) is 3.26. The molecule has 8 heteroatoms. The van der Waals surface area contributed by atoms with Crippen LogP contribution in [-0.2, 0) is 6.54 Å². The molecule has 2 aromatic heterocycles. The zero-order valence-electron chi connectivity index (χ0n) is 17.0. The number of nitrogens with one attached hydrogen (secondary N) is 1. The van der Waals surface area contributed by atoms with Crippen LogP contribution >= 0.6 is 0 Å². The third kappa shape index (κ3) is 3.93. The van der Waals surface area contributed by atoms with Crippen molar-refractivity contribution in [3.05, 3.63) is 72.1 Å². The van der Waals surface area contributed by atoms with Crippen LogP contribution in [0.2, 0.25) is 0 Å². The Morgan fingerprint density at radius 2 is 1.93 bits per heavy atom. The van der Waals surface area contributed by atoms with Gasteiger partial charge in [0.15, 0.2) is 0 Å². The normalized spacial score (nSPS) is 10.8. The number of hydrogen-bond donors (Lipinski definition) is 1. The first-order valence-corrected chi connectivity index (χ1v) is 9.45. The monoisotopic (exact) mass is 402 g/mol. The van der Waals surface area contributed by atoms with Crippen LogP contribution in [0.1, 0.15) is 15.9 Å². The van der Waals surface area contributed by atoms with E-state index in [9.17, 15) is 4.79 Å². The molecule has 8 nitrogen and oxygen atoms in total. The number of nitrogens with zero attached hydrogens (tertiary/aromatic N) is 5. The molecule has 0 atom stereocenters. The number of amides is 1. The van der Waals surface area contributed by atoms with Crippen molar-refractivity contribution in [2.24, 2.45) is 0 Å². The van der Waals surface area contributed by atoms with Crippen molar-refractivity contribution in [3.8, 4) is 17.0 Å². The van der Waals surface area contributed by atoms with Gasteiger partial charge < -0.3 is 15.0 Å². The van der Waals surface area contributed by atoms with Crippen molar-refractivity contribution in [2.75, 3.05) is 26.5 Å². The standard InChI is InChI=1S/C22H22N6O2/c1-27(2)22(29)17-6-4-5-15(11-17)13-23-20-12-19(26-28-14-24-25-21(20)28)16-7-9-18(30-3)10-8-16/h4-12,14,23H,13H2,1-3H3. The van der Waals surface area contributed by atoms with Crippen LogP contribution in [0.25, 0.3) is 16.9 Å². The first kappa shape index (κ1) is 19.4. The summed E-state index contributed by atoms with van der Waals surface area (Å²) >= 11 is 0. The van der Waals surface area contributed by atoms with Crippen molar-refractivity contribution in [1.29, 1.82) is 0 Å². The zero-order valence-corrected chi connectivity index (χ0v) is 17.0. The number of aromatic nitrogens is 4. The minimum absolute atomic E-state index is 0.0256. The lowest BCUT2D eigenvalue weighted by Crippen LogP contribution is -2.21. The number of anilines is 1. The van der Waals surface area contributed by atoms with Crippen molar-refractivity contribution in [1.82, 2.24) is 24.7 Å². The fraction of sp³-hybridized carbons (Fsp3) is 0.182. The van der Waals surface area contributed by atoms with Crippen LogP contribution < -0.4 is 10.1 Å². The summed E-state index contributed by atoms with van der Waals surface area (Å²) in [5, 5.41) is 16.1. The van der Waals surface area contributed by atoms with Gasteiger partial charge in [0.1, 0.15) is 12.1 Å². The van der Waals surface area contributed by atoms with Crippen LogP contribution in [0.3, 0.4) is 0 Å². The quantitative estimate of drug-likeness (QED) is 0.533. The summed E-state index contributed by atoms with van der Waals surface area (Å²) in [4.78, 5) is 13.8. The molecule has 0 spiro atoms. The van der Waals surface area contributed by atoms with E-state index in [1.165, 1.54) is 0 Å². The molecule has 4 aromatic rings. The van der Waals surface area contributed by atoms with E-state index < -0.39 is 0 Å². The van der Waals surface area contributed by atoms with Crippen LogP contribution in [0.15, 0.2) is 60.9 Å². The molecule has 1 N–H and O–H groups in total. The number of rotatable bonds is 6. The number of benzene rings is 2. The molecule has 2 heterocycles. The van der Waals surface area contributed by atoms with Gasteiger partial charge in [0, 0.05) is 31.8 Å². The Bertz CT molecular complexity index is 1180. The summed E-state index contributed by atoms with van der Waals surface area (Å²) in [7, 11) is 5.12. The molecular weight excluding hydrogens is 380 g/mol. The third-order valence-electron chi connectivity index (χ3n) is 4.72. The smallest absolute Gasteiger partial charge is 0.253 e. The Labute approximate surface area is 174 Å². The largest absolute Gasteiger partial charge is 0.497 e. The van der Waals surface area contributed by atoms with Gasteiger partial charge in [0.2, 0.25) is 5.65 Å². The second kappa shape index (κ2) is 8.20. The number of carbonyl (C=O) groups excluding carboxylic acids is 1. The fourth-order valence-corrected chi connectivity index (χ4v) is 3.13. The highest BCUT2D eigenvalue weighted by Crippen LogP contribution is 2.25. The molecule has 0 aliphatic carbocycles. The minimum Gasteiger partial charge on any atom is -0.497 e. The first-order chi connectivity index (χ1) is 14.5. The molecule has 0 aliphatic rings. The Kier molecular flexibility index (Phi) is 5.30. The van der Waals surface area contributed by atoms with Gasteiger partial charge in [-0.15, -0.1) is 10.2 Å². The molecule has 0 saturated heterocycles. The highest BCUT2D eigenvalue weighted by atomic mass is 16.5. The van der Waals surface area contributed by atoms with Gasteiger partial charge in [-0.25, -0.2) is 0 Å². The van der Waals surface area contributed by atoms with E-state index in [1.807, 2.05) is 54.6 Å². The Hall–Kier alpha value is -3.94. The fourth-order valence-electron chi connectivity index (χ4n) is 3.13. The predicted octanol–water partition coefficient (Wildman–Crippen LogP) is 3.11. The Morgan fingerprint density at radius 1 is 1.13 bits per heavy atom. The number of carbonyl (C=O) groups is 1. The number of methoxy groups -OCH3 is 1. The highest BCUT2D eigenvalue weighted by molar-refractivity contribution is 5.94. The molecule has 0 unspecified atom stereocenters. The number of ether oxygens (including phenoxy) is 1. The Morgan fingerprint density at radius 3 is 2.67 bits per heavy atom. The summed E-state index contributed by atoms with van der Waals surface area (Å²) in [6.07, 6.45) is 1.57. The van der Waals surface area contributed by atoms with Gasteiger partial charge >= 0.3 is 0 Å². The predicted molar refractivity (Wildman–Crippen MR) is 115 cm³/mol. The molecule has 0 aliphatic heterocycles. The SMILES string of the molecule is COc1ccc(-c2cc(NCc3cccc(C(=O)N(C)C)c3)c3nncn3n2)cc1. The summed E-state index contributed by atoms with van der Waals surface area (Å²) in [5.74, 6) is 0.761. The van der Waals surface area contributed by atoms with E-state index in [0.29, 0.717) is 17.8 Å². The summed E-state index contributed by atoms with van der Waals surface area (Å²) < 4.78 is 6.88. The van der Waals surface area contributed by atoms with Crippen LogP contribution in [0, 0.1) is 0 Å². The maximum atomic E-state index is 12.2. The van der Waals surface area contributed by atoms with Gasteiger partial charge in [-0.3, -0.25) is 4.79 Å². The van der Waals surface area contributed by atoms with Gasteiger partial charge in [-0.1, -0.05) is 12.1 Å². The average molecular weight is 402 g/mol. The van der Waals surface area contributed by atoms with Gasteiger partial charge in [-0.2, -0.15) is 9.61 Å². The lowest BCUT2D eigenvalue weighted by molar-refractivity contribution is 0.0827. The maximum Gasteiger partial charge on any atom is 0.253 e. The van der Waals surface area contributed by atoms with Gasteiger partial charge in [0.25, 0.3) is 5.91 Å². The molecule has 1 amide bonds. The summed E-state index contributed by atoms with van der Waals surface area (Å²) in [5.41, 5.74) is 4.81. The molecule has 0 fully saturated rings. The molecule has 30 heavy (non-hydrogen) atoms. The van der Waals surface area contributed by atoms with Gasteiger partial charge in [0.05, 0.1) is 18.5 Å². The highest BCUT2D eigenvalue weighted by Gasteiger charge is 2.11. The second-order valence-electron chi connectivity index (χ2n) is 7.02. The van der Waals surface area contributed by atoms with E-state index in [1.54, 1.807) is 36.9 Å². The molecule has 0 radical (unpaired) electrons. The van der Waals surface area contributed by atoms with Gasteiger partial charge in [-0.05, 0) is 48.0 Å². The molecule has 2 aromatic carbocycles. The lowest BCUT2D eigenvalue weighted by Gasteiger charge is -2.13. The first-order valence-electron chi connectivity index (χ1n) is 9.45. The topological polar surface area (TPSA) is 84.6 Å². The van der Waals surface area contributed by atoms with Crippen LogP contribution in [0.5, 0.6) is 5.75 Å². The zero-order chi connectivity index (χ0) is 21.1. The molecule has 152 valence electrons. The lowest BCUT2D eigenvalue weighted by atomic mass is 10.1. The third-order valence-corrected chi connectivity index (χ3v) is 4.72. The summed E-state index contributed by atoms with van der Waals surface area (Å²) in [6, 6.07) is 17.2. The van der Waals surface area contributed by atoms with Crippen molar-refractivity contribution < 1.29 is 9.53 Å². The number of hydrogen-bond acceptors (Lipinski definition) is 6. The van der Waals surface area contributed by atoms with E-state index >= 15 is 0 Å². The summed E-state index contributed by atoms with van der Waals surface area (Å²) in [6.45, 7) is 0.531. The molecular formula is C22H22N6O2. The van der Waals surface area contributed by atoms with Crippen LogP contribution in [0.4, 0.5) is 5.69 Å². The van der Waals surface area contributed by atoms with E-state index in [2.05, 4.69) is 20.6 Å².